The summed E-state index contributed by atoms with van der Waals surface area (Å²) >= 11 is 0. The lowest BCUT2D eigenvalue weighted by Gasteiger charge is -2.27. The molecule has 0 heterocycles. The van der Waals surface area contributed by atoms with Gasteiger partial charge in [-0.3, -0.25) is 4.90 Å². The summed E-state index contributed by atoms with van der Waals surface area (Å²) in [6, 6.07) is 9.61. The molecule has 90 valence electrons. The zero-order valence-electron chi connectivity index (χ0n) is 11.2. The molecule has 0 saturated carbocycles. The molecule has 1 rings (SSSR count). The Balaban J connectivity index is 2.55. The highest BCUT2D eigenvalue weighted by atomic mass is 15.1. The third-order valence-corrected chi connectivity index (χ3v) is 3.27. The van der Waals surface area contributed by atoms with E-state index in [-0.39, 0.29) is 0 Å². The highest BCUT2D eigenvalue weighted by molar-refractivity contribution is 5.21. The predicted octanol–water partition coefficient (Wildman–Crippen LogP) is 4.01. The monoisotopic (exact) mass is 219 g/mol. The van der Waals surface area contributed by atoms with Crippen molar-refractivity contribution >= 4 is 0 Å². The van der Waals surface area contributed by atoms with Gasteiger partial charge in [0, 0.05) is 12.6 Å². The summed E-state index contributed by atoms with van der Waals surface area (Å²) in [6.45, 7) is 7.76. The van der Waals surface area contributed by atoms with Gasteiger partial charge in [-0.15, -0.1) is 0 Å². The summed E-state index contributed by atoms with van der Waals surface area (Å²) in [7, 11) is 2.24. The van der Waals surface area contributed by atoms with Crippen molar-refractivity contribution in [3.63, 3.8) is 0 Å². The molecule has 1 nitrogen and oxygen atoms in total. The first kappa shape index (κ1) is 13.2. The van der Waals surface area contributed by atoms with Gasteiger partial charge in [-0.1, -0.05) is 50.1 Å². The maximum Gasteiger partial charge on any atom is 0.0233 e. The summed E-state index contributed by atoms with van der Waals surface area (Å²) < 4.78 is 0. The van der Waals surface area contributed by atoms with E-state index < -0.39 is 0 Å². The van der Waals surface area contributed by atoms with E-state index in [1.165, 1.54) is 30.4 Å². The van der Waals surface area contributed by atoms with E-state index in [1.807, 2.05) is 0 Å². The van der Waals surface area contributed by atoms with Gasteiger partial charge in [0.15, 0.2) is 0 Å². The van der Waals surface area contributed by atoms with Gasteiger partial charge in [0.25, 0.3) is 0 Å². The van der Waals surface area contributed by atoms with Crippen molar-refractivity contribution in [1.82, 2.24) is 4.90 Å². The van der Waals surface area contributed by atoms with E-state index in [0.717, 1.165) is 12.6 Å². The largest absolute Gasteiger partial charge is 0.299 e. The van der Waals surface area contributed by atoms with Crippen LogP contribution in [0.5, 0.6) is 0 Å². The minimum Gasteiger partial charge on any atom is -0.299 e. The minimum atomic E-state index is 0.728. The second-order valence-corrected chi connectivity index (χ2v) is 4.75. The molecule has 0 spiro atoms. The lowest BCUT2D eigenvalue weighted by atomic mass is 10.1. The van der Waals surface area contributed by atoms with Crippen LogP contribution in [0.2, 0.25) is 0 Å². The molecule has 0 saturated heterocycles. The summed E-state index contributed by atoms with van der Waals surface area (Å²) in [5.74, 6) is 0. The van der Waals surface area contributed by atoms with Gasteiger partial charge >= 0.3 is 0 Å². The fourth-order valence-corrected chi connectivity index (χ4v) is 2.18. The van der Waals surface area contributed by atoms with Crippen LogP contribution in [-0.4, -0.2) is 18.0 Å². The maximum absolute atomic E-state index is 2.48. The quantitative estimate of drug-likeness (QED) is 0.699. The minimum absolute atomic E-state index is 0.728. The highest BCUT2D eigenvalue weighted by Crippen LogP contribution is 2.13. The highest BCUT2D eigenvalue weighted by Gasteiger charge is 2.11. The van der Waals surface area contributed by atoms with Crippen LogP contribution in [0, 0.1) is 6.92 Å². The first-order valence-corrected chi connectivity index (χ1v) is 6.43. The number of hydrogen-bond acceptors (Lipinski definition) is 1. The molecule has 1 aromatic rings. The molecule has 0 aliphatic rings. The van der Waals surface area contributed by atoms with E-state index in [2.05, 4.69) is 57.0 Å². The Kier molecular flexibility index (Phi) is 5.54. The van der Waals surface area contributed by atoms with Gasteiger partial charge in [-0.2, -0.15) is 0 Å². The first-order valence-electron chi connectivity index (χ1n) is 6.43. The second kappa shape index (κ2) is 6.70. The molecule has 1 aromatic carbocycles. The number of nitrogens with zero attached hydrogens (tertiary/aromatic N) is 1. The van der Waals surface area contributed by atoms with Crippen molar-refractivity contribution in [1.29, 1.82) is 0 Å². The molecule has 0 radical (unpaired) electrons. The molecule has 0 amide bonds. The zero-order valence-corrected chi connectivity index (χ0v) is 11.2. The lowest BCUT2D eigenvalue weighted by Crippen LogP contribution is -2.30. The van der Waals surface area contributed by atoms with Gasteiger partial charge in [0.2, 0.25) is 0 Å². The van der Waals surface area contributed by atoms with Crippen LogP contribution in [0.3, 0.4) is 0 Å². The molecule has 1 atom stereocenters. The summed E-state index contributed by atoms with van der Waals surface area (Å²) in [5.41, 5.74) is 2.76. The topological polar surface area (TPSA) is 3.24 Å². The van der Waals surface area contributed by atoms with E-state index >= 15 is 0 Å². The van der Waals surface area contributed by atoms with Crippen LogP contribution in [-0.2, 0) is 6.54 Å². The van der Waals surface area contributed by atoms with Crippen molar-refractivity contribution in [2.45, 2.75) is 52.6 Å². The summed E-state index contributed by atoms with van der Waals surface area (Å²) in [5, 5.41) is 0. The average molecular weight is 219 g/mol. The van der Waals surface area contributed by atoms with Crippen molar-refractivity contribution in [2.24, 2.45) is 0 Å². The Morgan fingerprint density at radius 2 is 1.75 bits per heavy atom. The third kappa shape index (κ3) is 3.97. The Bertz CT molecular complexity index is 289. The van der Waals surface area contributed by atoms with Crippen LogP contribution >= 0.6 is 0 Å². The first-order chi connectivity index (χ1) is 7.67. The Labute approximate surface area is 100 Å². The molecule has 0 aliphatic carbocycles. The Morgan fingerprint density at radius 1 is 1.12 bits per heavy atom. The van der Waals surface area contributed by atoms with E-state index in [0.29, 0.717) is 0 Å². The number of aryl methyl sites for hydroxylation is 1. The standard InChI is InChI=1S/C15H25N/c1-5-7-15(6-2)16(4)12-14-10-8-13(3)9-11-14/h8-11,15H,5-7,12H2,1-4H3. The van der Waals surface area contributed by atoms with Crippen molar-refractivity contribution < 1.29 is 0 Å². The van der Waals surface area contributed by atoms with E-state index in [4.69, 9.17) is 0 Å². The molecule has 0 aliphatic heterocycles. The maximum atomic E-state index is 2.48. The number of rotatable bonds is 6. The van der Waals surface area contributed by atoms with Crippen LogP contribution in [0.1, 0.15) is 44.2 Å². The van der Waals surface area contributed by atoms with Crippen LogP contribution < -0.4 is 0 Å². The Morgan fingerprint density at radius 3 is 2.25 bits per heavy atom. The average Bonchev–Trinajstić information content (AvgIpc) is 2.29. The molecule has 0 fully saturated rings. The van der Waals surface area contributed by atoms with E-state index in [9.17, 15) is 0 Å². The third-order valence-electron chi connectivity index (χ3n) is 3.27. The van der Waals surface area contributed by atoms with Crippen molar-refractivity contribution in [3.8, 4) is 0 Å². The molecule has 0 aromatic heterocycles. The number of hydrogen-bond donors (Lipinski definition) is 0. The zero-order chi connectivity index (χ0) is 12.0. The van der Waals surface area contributed by atoms with Crippen LogP contribution in [0.15, 0.2) is 24.3 Å². The van der Waals surface area contributed by atoms with Gasteiger partial charge in [0.05, 0.1) is 0 Å². The second-order valence-electron chi connectivity index (χ2n) is 4.75. The molecule has 1 unspecified atom stereocenters. The lowest BCUT2D eigenvalue weighted by molar-refractivity contribution is 0.215. The molecule has 16 heavy (non-hydrogen) atoms. The summed E-state index contributed by atoms with van der Waals surface area (Å²) in [4.78, 5) is 2.48. The summed E-state index contributed by atoms with van der Waals surface area (Å²) in [6.07, 6.45) is 3.83. The molecular formula is C15H25N. The smallest absolute Gasteiger partial charge is 0.0233 e. The molecule has 1 heteroatoms. The molecule has 0 bridgehead atoms. The fourth-order valence-electron chi connectivity index (χ4n) is 2.18. The predicted molar refractivity (Wildman–Crippen MR) is 71.6 cm³/mol. The van der Waals surface area contributed by atoms with Gasteiger partial charge in [-0.25, -0.2) is 0 Å². The van der Waals surface area contributed by atoms with Gasteiger partial charge < -0.3 is 0 Å². The van der Waals surface area contributed by atoms with Gasteiger partial charge in [0.1, 0.15) is 0 Å². The van der Waals surface area contributed by atoms with Crippen LogP contribution in [0.4, 0.5) is 0 Å². The fraction of sp³-hybridized carbons (Fsp3) is 0.600. The SMILES string of the molecule is CCCC(CC)N(C)Cc1ccc(C)cc1. The molecular weight excluding hydrogens is 194 g/mol. The van der Waals surface area contributed by atoms with Crippen molar-refractivity contribution in [2.75, 3.05) is 7.05 Å². The normalized spacial score (nSPS) is 13.1. The van der Waals surface area contributed by atoms with Crippen molar-refractivity contribution in [3.05, 3.63) is 35.4 Å². The molecule has 0 N–H and O–H groups in total. The van der Waals surface area contributed by atoms with Crippen LogP contribution in [0.25, 0.3) is 0 Å². The Hall–Kier alpha value is -0.820. The number of benzene rings is 1. The van der Waals surface area contributed by atoms with Gasteiger partial charge in [-0.05, 0) is 32.4 Å². The van der Waals surface area contributed by atoms with E-state index in [1.54, 1.807) is 0 Å².